The maximum absolute atomic E-state index is 13.9. The van der Waals surface area contributed by atoms with Crippen molar-refractivity contribution in [1.29, 1.82) is 0 Å². The fourth-order valence-electron chi connectivity index (χ4n) is 2.61. The molecule has 0 fully saturated rings. The molecule has 154 valence electrons. The Bertz CT molecular complexity index is 1290. The normalized spacial score (nSPS) is 11.1. The molecule has 0 saturated heterocycles. The molecule has 3 heterocycles. The molecule has 0 bridgehead atoms. The molecule has 4 aromatic rings. The third-order valence-corrected chi connectivity index (χ3v) is 5.84. The molecule has 3 aromatic heterocycles. The average molecular weight is 515 g/mol. The van der Waals surface area contributed by atoms with E-state index in [-0.39, 0.29) is 28.7 Å². The molecule has 0 amide bonds. The van der Waals surface area contributed by atoms with Gasteiger partial charge in [0, 0.05) is 5.56 Å². The number of hydrogen-bond acceptors (Lipinski definition) is 6. The lowest BCUT2D eigenvalue weighted by molar-refractivity contribution is 0.471. The van der Waals surface area contributed by atoms with Crippen LogP contribution in [0, 0.1) is 18.6 Å². The van der Waals surface area contributed by atoms with Crippen LogP contribution in [0.5, 0.6) is 10.9 Å². The number of aromatic nitrogens is 5. The fourth-order valence-corrected chi connectivity index (χ4v) is 4.17. The van der Waals surface area contributed by atoms with Crippen molar-refractivity contribution in [3.05, 3.63) is 79.1 Å². The van der Waals surface area contributed by atoms with Crippen molar-refractivity contribution in [1.82, 2.24) is 24.3 Å². The van der Waals surface area contributed by atoms with Crippen LogP contribution >= 0.6 is 38.9 Å². The van der Waals surface area contributed by atoms with E-state index in [0.717, 1.165) is 21.4 Å². The van der Waals surface area contributed by atoms with Crippen molar-refractivity contribution in [2.75, 3.05) is 0 Å². The summed E-state index contributed by atoms with van der Waals surface area (Å²) >= 11 is 10.8. The van der Waals surface area contributed by atoms with E-state index < -0.39 is 17.3 Å². The van der Waals surface area contributed by atoms with Gasteiger partial charge in [-0.1, -0.05) is 29.0 Å². The number of benzene rings is 1. The van der Waals surface area contributed by atoms with Crippen LogP contribution in [0.4, 0.5) is 8.78 Å². The van der Waals surface area contributed by atoms with E-state index in [1.807, 2.05) is 0 Å². The summed E-state index contributed by atoms with van der Waals surface area (Å²) < 4.78 is 36.2. The van der Waals surface area contributed by atoms with Crippen LogP contribution in [-0.2, 0) is 6.54 Å². The largest absolute Gasteiger partial charge is 0.425 e. The zero-order chi connectivity index (χ0) is 21.4. The van der Waals surface area contributed by atoms with E-state index in [4.69, 9.17) is 16.3 Å². The van der Waals surface area contributed by atoms with Crippen molar-refractivity contribution >= 4 is 38.9 Å². The van der Waals surface area contributed by atoms with E-state index >= 15 is 0 Å². The first-order valence-electron chi connectivity index (χ1n) is 8.37. The first-order valence-corrected chi connectivity index (χ1v) is 10.4. The number of ether oxygens (including phenoxy) is 1. The first-order chi connectivity index (χ1) is 14.3. The van der Waals surface area contributed by atoms with Crippen molar-refractivity contribution < 1.29 is 13.5 Å². The van der Waals surface area contributed by atoms with Gasteiger partial charge < -0.3 is 4.74 Å². The van der Waals surface area contributed by atoms with Gasteiger partial charge in [-0.15, -0.1) is 0 Å². The van der Waals surface area contributed by atoms with Crippen LogP contribution in [0.15, 0.2) is 45.5 Å². The Morgan fingerprint density at radius 3 is 2.67 bits per heavy atom. The minimum absolute atomic E-state index is 0.139. The van der Waals surface area contributed by atoms with Gasteiger partial charge in [-0.3, -0.25) is 4.57 Å². The second kappa shape index (κ2) is 8.25. The Hall–Kier alpha value is -2.63. The van der Waals surface area contributed by atoms with Gasteiger partial charge in [0.05, 0.1) is 24.1 Å². The molecule has 0 saturated carbocycles. The topological polar surface area (TPSA) is 74.8 Å². The molecule has 7 nitrogen and oxygen atoms in total. The maximum Gasteiger partial charge on any atom is 0.350 e. The number of nitrogens with zero attached hydrogens (tertiary/aromatic N) is 5. The Morgan fingerprint density at radius 2 is 2.03 bits per heavy atom. The van der Waals surface area contributed by atoms with E-state index in [1.54, 1.807) is 6.92 Å². The Kier molecular flexibility index (Phi) is 5.67. The van der Waals surface area contributed by atoms with Crippen LogP contribution in [0.25, 0.3) is 5.69 Å². The number of rotatable bonds is 5. The minimum atomic E-state index is -0.745. The van der Waals surface area contributed by atoms with Gasteiger partial charge in [-0.2, -0.15) is 9.78 Å². The average Bonchev–Trinajstić information content (AvgIpc) is 3.21. The van der Waals surface area contributed by atoms with Crippen LogP contribution in [0.1, 0.15) is 11.3 Å². The second-order valence-electron chi connectivity index (χ2n) is 6.08. The monoisotopic (exact) mass is 513 g/mol. The Morgan fingerprint density at radius 1 is 1.30 bits per heavy atom. The van der Waals surface area contributed by atoms with Crippen molar-refractivity contribution in [2.24, 2.45) is 0 Å². The second-order valence-corrected chi connectivity index (χ2v) is 8.72. The van der Waals surface area contributed by atoms with Gasteiger partial charge in [0.25, 0.3) is 0 Å². The van der Waals surface area contributed by atoms with Gasteiger partial charge in [0.1, 0.15) is 23.0 Å². The number of aryl methyl sites for hydroxylation is 1. The molecular weight excluding hydrogens is 504 g/mol. The highest BCUT2D eigenvalue weighted by molar-refractivity contribution is 9.11. The van der Waals surface area contributed by atoms with Gasteiger partial charge in [-0.05, 0) is 41.1 Å². The summed E-state index contributed by atoms with van der Waals surface area (Å²) in [6, 6.07) is 4.96. The Labute approximate surface area is 185 Å². The fraction of sp³-hybridized carbons (Fsp3) is 0.111. The van der Waals surface area contributed by atoms with Crippen molar-refractivity contribution in [3.8, 4) is 16.6 Å². The van der Waals surface area contributed by atoms with Crippen LogP contribution in [0.2, 0.25) is 5.02 Å². The van der Waals surface area contributed by atoms with E-state index in [2.05, 4.69) is 31.0 Å². The zero-order valence-corrected chi connectivity index (χ0v) is 18.3. The molecule has 0 unspecified atom stereocenters. The molecule has 30 heavy (non-hydrogen) atoms. The number of pyridine rings is 1. The zero-order valence-electron chi connectivity index (χ0n) is 15.1. The molecule has 0 spiro atoms. The third kappa shape index (κ3) is 4.00. The van der Waals surface area contributed by atoms with Gasteiger partial charge in [-0.25, -0.2) is 23.5 Å². The molecule has 0 aliphatic rings. The summed E-state index contributed by atoms with van der Waals surface area (Å²) in [4.78, 5) is 21.0. The smallest absolute Gasteiger partial charge is 0.350 e. The molecule has 0 aliphatic heterocycles. The van der Waals surface area contributed by atoms with Crippen molar-refractivity contribution in [3.63, 3.8) is 0 Å². The van der Waals surface area contributed by atoms with Crippen LogP contribution in [0.3, 0.4) is 0 Å². The highest BCUT2D eigenvalue weighted by Gasteiger charge is 2.16. The molecule has 4 rings (SSSR count). The SMILES string of the molecule is Cc1nc(Br)sc1Oc1ncc(-n2ncn(Cc3c(F)cccc3F)c2=O)cc1Cl. The van der Waals surface area contributed by atoms with Gasteiger partial charge in [0.2, 0.25) is 10.9 Å². The molecule has 12 heteroatoms. The number of thiazole rings is 1. The van der Waals surface area contributed by atoms with E-state index in [9.17, 15) is 13.6 Å². The summed E-state index contributed by atoms with van der Waals surface area (Å²) in [6.07, 6.45) is 2.54. The summed E-state index contributed by atoms with van der Waals surface area (Å²) in [5.41, 5.74) is 0.105. The molecule has 0 aliphatic carbocycles. The standard InChI is InChI=1S/C18H11BrClF2N5O2S/c1-9-16(30-17(19)25-9)29-15-12(20)5-10(6-23-15)27-18(28)26(8-24-27)7-11-13(21)3-2-4-14(11)22/h2-6,8H,7H2,1H3. The molecule has 1 aromatic carbocycles. The molecule has 0 N–H and O–H groups in total. The predicted octanol–water partition coefficient (Wildman–Crippen LogP) is 4.73. The minimum Gasteiger partial charge on any atom is -0.425 e. The predicted molar refractivity (Wildman–Crippen MR) is 111 cm³/mol. The lowest BCUT2D eigenvalue weighted by Gasteiger charge is -2.07. The molecule has 0 atom stereocenters. The summed E-state index contributed by atoms with van der Waals surface area (Å²) in [5.74, 6) is -1.35. The van der Waals surface area contributed by atoms with Gasteiger partial charge in [0.15, 0.2) is 3.92 Å². The quantitative estimate of drug-likeness (QED) is 0.385. The third-order valence-electron chi connectivity index (χ3n) is 4.08. The lowest BCUT2D eigenvalue weighted by atomic mass is 10.2. The van der Waals surface area contributed by atoms with E-state index in [0.29, 0.717) is 14.7 Å². The number of hydrogen-bond donors (Lipinski definition) is 0. The first kappa shape index (κ1) is 20.6. The molecule has 0 radical (unpaired) electrons. The summed E-state index contributed by atoms with van der Waals surface area (Å²) in [6.45, 7) is 1.47. The van der Waals surface area contributed by atoms with Crippen LogP contribution < -0.4 is 10.4 Å². The molecular formula is C18H11BrClF2N5O2S. The maximum atomic E-state index is 13.9. The lowest BCUT2D eigenvalue weighted by Crippen LogP contribution is -2.24. The number of halogens is 4. The van der Waals surface area contributed by atoms with E-state index in [1.165, 1.54) is 36.0 Å². The van der Waals surface area contributed by atoms with Crippen LogP contribution in [-0.4, -0.2) is 24.3 Å². The highest BCUT2D eigenvalue weighted by atomic mass is 79.9. The summed E-state index contributed by atoms with van der Waals surface area (Å²) in [7, 11) is 0. The van der Waals surface area contributed by atoms with Crippen molar-refractivity contribution in [2.45, 2.75) is 13.5 Å². The summed E-state index contributed by atoms with van der Waals surface area (Å²) in [5, 5.41) is 4.66. The Balaban J connectivity index is 1.61. The highest BCUT2D eigenvalue weighted by Crippen LogP contribution is 2.36. The van der Waals surface area contributed by atoms with Gasteiger partial charge >= 0.3 is 5.69 Å².